The van der Waals surface area contributed by atoms with E-state index in [1.807, 2.05) is 42.5 Å². The fourth-order valence-electron chi connectivity index (χ4n) is 2.68. The smallest absolute Gasteiger partial charge is 0.223 e. The van der Waals surface area contributed by atoms with Gasteiger partial charge in [-0.15, -0.1) is 0 Å². The monoisotopic (exact) mass is 281 g/mol. The first-order valence-corrected chi connectivity index (χ1v) is 7.33. The lowest BCUT2D eigenvalue weighted by atomic mass is 9.95. The van der Waals surface area contributed by atoms with Gasteiger partial charge in [0.15, 0.2) is 0 Å². The zero-order chi connectivity index (χ0) is 14.5. The van der Waals surface area contributed by atoms with Gasteiger partial charge in [-0.25, -0.2) is 0 Å². The summed E-state index contributed by atoms with van der Waals surface area (Å²) >= 11 is 0. The molecule has 1 N–H and O–H groups in total. The summed E-state index contributed by atoms with van der Waals surface area (Å²) in [6.07, 6.45) is 1.19. The molecule has 0 saturated heterocycles. The minimum absolute atomic E-state index is 0.0283. The Morgan fingerprint density at radius 2 is 1.86 bits per heavy atom. The molecule has 108 valence electrons. The van der Waals surface area contributed by atoms with Crippen molar-refractivity contribution in [2.45, 2.75) is 25.5 Å². The van der Waals surface area contributed by atoms with Crippen molar-refractivity contribution in [3.05, 3.63) is 71.3 Å². The standard InChI is InChI=1S/C18H19NO2/c20-18(19-13-14-6-2-1-3-7-14)12-17-16-9-5-4-8-15(16)10-11-21-17/h1-9,17H,10-13H2,(H,19,20). The van der Waals surface area contributed by atoms with Gasteiger partial charge >= 0.3 is 0 Å². The van der Waals surface area contributed by atoms with Crippen LogP contribution in [-0.4, -0.2) is 12.5 Å². The number of ether oxygens (including phenoxy) is 1. The largest absolute Gasteiger partial charge is 0.373 e. The van der Waals surface area contributed by atoms with Crippen molar-refractivity contribution >= 4 is 5.91 Å². The van der Waals surface area contributed by atoms with Crippen molar-refractivity contribution in [3.63, 3.8) is 0 Å². The molecule has 3 heteroatoms. The van der Waals surface area contributed by atoms with Crippen molar-refractivity contribution in [2.24, 2.45) is 0 Å². The predicted molar refractivity (Wildman–Crippen MR) is 81.7 cm³/mol. The molecule has 2 aromatic rings. The fourth-order valence-corrected chi connectivity index (χ4v) is 2.68. The molecule has 2 aromatic carbocycles. The van der Waals surface area contributed by atoms with E-state index in [0.717, 1.165) is 17.5 Å². The first-order valence-electron chi connectivity index (χ1n) is 7.33. The number of amides is 1. The minimum atomic E-state index is -0.120. The van der Waals surface area contributed by atoms with Gasteiger partial charge in [0.05, 0.1) is 19.1 Å². The number of hydrogen-bond acceptors (Lipinski definition) is 2. The van der Waals surface area contributed by atoms with Gasteiger partial charge in [-0.05, 0) is 23.1 Å². The summed E-state index contributed by atoms with van der Waals surface area (Å²) in [5.74, 6) is 0.0283. The molecule has 0 bridgehead atoms. The topological polar surface area (TPSA) is 38.3 Å². The SMILES string of the molecule is O=C(CC1OCCc2ccccc21)NCc1ccccc1. The van der Waals surface area contributed by atoms with Crippen molar-refractivity contribution < 1.29 is 9.53 Å². The number of benzene rings is 2. The normalized spacial score (nSPS) is 17.0. The Kier molecular flexibility index (Phi) is 4.31. The highest BCUT2D eigenvalue weighted by Gasteiger charge is 2.22. The van der Waals surface area contributed by atoms with Crippen molar-refractivity contribution in [3.8, 4) is 0 Å². The molecule has 0 aliphatic carbocycles. The van der Waals surface area contributed by atoms with E-state index in [4.69, 9.17) is 4.74 Å². The third-order valence-corrected chi connectivity index (χ3v) is 3.80. The number of hydrogen-bond donors (Lipinski definition) is 1. The summed E-state index contributed by atoms with van der Waals surface area (Å²) < 4.78 is 5.77. The molecule has 3 rings (SSSR count). The molecular formula is C18H19NO2. The third kappa shape index (κ3) is 3.50. The van der Waals surface area contributed by atoms with Gasteiger partial charge in [0.2, 0.25) is 5.91 Å². The summed E-state index contributed by atoms with van der Waals surface area (Å²) in [4.78, 5) is 12.1. The number of carbonyl (C=O) groups is 1. The van der Waals surface area contributed by atoms with E-state index < -0.39 is 0 Å². The zero-order valence-electron chi connectivity index (χ0n) is 11.9. The lowest BCUT2D eigenvalue weighted by Crippen LogP contribution is -2.27. The Hall–Kier alpha value is -2.13. The molecule has 1 aliphatic rings. The molecule has 1 heterocycles. The predicted octanol–water partition coefficient (Wildman–Crippen LogP) is 3.01. The average molecular weight is 281 g/mol. The highest BCUT2D eigenvalue weighted by Crippen LogP contribution is 2.29. The van der Waals surface area contributed by atoms with E-state index in [1.54, 1.807) is 0 Å². The Morgan fingerprint density at radius 3 is 2.71 bits per heavy atom. The van der Waals surface area contributed by atoms with Crippen molar-refractivity contribution in [1.29, 1.82) is 0 Å². The van der Waals surface area contributed by atoms with Crippen LogP contribution >= 0.6 is 0 Å². The van der Waals surface area contributed by atoms with Crippen molar-refractivity contribution in [1.82, 2.24) is 5.32 Å². The van der Waals surface area contributed by atoms with Gasteiger partial charge in [0.25, 0.3) is 0 Å². The molecule has 21 heavy (non-hydrogen) atoms. The lowest BCUT2D eigenvalue weighted by molar-refractivity contribution is -0.124. The molecule has 3 nitrogen and oxygen atoms in total. The van der Waals surface area contributed by atoms with E-state index in [-0.39, 0.29) is 12.0 Å². The van der Waals surface area contributed by atoms with Crippen LogP contribution < -0.4 is 5.32 Å². The second-order valence-electron chi connectivity index (χ2n) is 5.27. The maximum absolute atomic E-state index is 12.1. The fraction of sp³-hybridized carbons (Fsp3) is 0.278. The summed E-state index contributed by atoms with van der Waals surface area (Å²) in [6, 6.07) is 18.1. The van der Waals surface area contributed by atoms with E-state index in [0.29, 0.717) is 19.6 Å². The number of carbonyl (C=O) groups excluding carboxylic acids is 1. The van der Waals surface area contributed by atoms with Gasteiger partial charge in [0, 0.05) is 6.54 Å². The van der Waals surface area contributed by atoms with Crippen LogP contribution in [0.1, 0.15) is 29.2 Å². The molecule has 0 radical (unpaired) electrons. The van der Waals surface area contributed by atoms with E-state index in [2.05, 4.69) is 17.4 Å². The average Bonchev–Trinajstić information content (AvgIpc) is 2.54. The minimum Gasteiger partial charge on any atom is -0.373 e. The van der Waals surface area contributed by atoms with Crippen LogP contribution in [-0.2, 0) is 22.5 Å². The molecular weight excluding hydrogens is 262 g/mol. The summed E-state index contributed by atoms with van der Waals surface area (Å²) in [6.45, 7) is 1.25. The molecule has 1 aliphatic heterocycles. The van der Waals surface area contributed by atoms with Crippen LogP contribution in [0.3, 0.4) is 0 Å². The van der Waals surface area contributed by atoms with Crippen molar-refractivity contribution in [2.75, 3.05) is 6.61 Å². The molecule has 0 aromatic heterocycles. The lowest BCUT2D eigenvalue weighted by Gasteiger charge is -2.25. The molecule has 0 saturated carbocycles. The maximum Gasteiger partial charge on any atom is 0.223 e. The van der Waals surface area contributed by atoms with Gasteiger partial charge in [0.1, 0.15) is 0 Å². The maximum atomic E-state index is 12.1. The quantitative estimate of drug-likeness (QED) is 0.935. The molecule has 1 amide bonds. The number of nitrogens with one attached hydrogen (secondary N) is 1. The zero-order valence-corrected chi connectivity index (χ0v) is 11.9. The summed E-state index contributed by atoms with van der Waals surface area (Å²) in [5.41, 5.74) is 3.55. The van der Waals surface area contributed by atoms with Gasteiger partial charge < -0.3 is 10.1 Å². The van der Waals surface area contributed by atoms with Crippen LogP contribution in [0.2, 0.25) is 0 Å². The first kappa shape index (κ1) is 13.8. The van der Waals surface area contributed by atoms with Crippen LogP contribution in [0.25, 0.3) is 0 Å². The Balaban J connectivity index is 1.58. The van der Waals surface area contributed by atoms with Crippen LogP contribution in [0.15, 0.2) is 54.6 Å². The molecule has 0 spiro atoms. The first-order chi connectivity index (χ1) is 10.3. The Morgan fingerprint density at radius 1 is 1.10 bits per heavy atom. The van der Waals surface area contributed by atoms with E-state index >= 15 is 0 Å². The van der Waals surface area contributed by atoms with Gasteiger partial charge in [-0.1, -0.05) is 54.6 Å². The van der Waals surface area contributed by atoms with E-state index in [1.165, 1.54) is 5.56 Å². The molecule has 1 unspecified atom stereocenters. The van der Waals surface area contributed by atoms with Crippen LogP contribution in [0, 0.1) is 0 Å². The third-order valence-electron chi connectivity index (χ3n) is 3.80. The summed E-state index contributed by atoms with van der Waals surface area (Å²) in [7, 11) is 0. The second kappa shape index (κ2) is 6.55. The highest BCUT2D eigenvalue weighted by molar-refractivity contribution is 5.76. The van der Waals surface area contributed by atoms with Crippen LogP contribution in [0.4, 0.5) is 0 Å². The second-order valence-corrected chi connectivity index (χ2v) is 5.27. The number of fused-ring (bicyclic) bond motifs is 1. The molecule has 0 fully saturated rings. The van der Waals surface area contributed by atoms with Gasteiger partial charge in [-0.3, -0.25) is 4.79 Å². The Bertz CT molecular complexity index is 610. The summed E-state index contributed by atoms with van der Waals surface area (Å²) in [5, 5.41) is 2.96. The van der Waals surface area contributed by atoms with Crippen LogP contribution in [0.5, 0.6) is 0 Å². The van der Waals surface area contributed by atoms with Gasteiger partial charge in [-0.2, -0.15) is 0 Å². The Labute approximate surface area is 124 Å². The highest BCUT2D eigenvalue weighted by atomic mass is 16.5. The van der Waals surface area contributed by atoms with E-state index in [9.17, 15) is 4.79 Å². The number of rotatable bonds is 4. The molecule has 1 atom stereocenters.